The van der Waals surface area contributed by atoms with Gasteiger partial charge in [-0.15, -0.1) is 0 Å². The van der Waals surface area contributed by atoms with Gasteiger partial charge in [0, 0.05) is 25.2 Å². The predicted octanol–water partition coefficient (Wildman–Crippen LogP) is 2.43. The van der Waals surface area contributed by atoms with Crippen molar-refractivity contribution in [3.05, 3.63) is 33.9 Å². The number of rotatable bonds is 4. The van der Waals surface area contributed by atoms with Crippen LogP contribution < -0.4 is 10.2 Å². The highest BCUT2D eigenvalue weighted by atomic mass is 16.6. The molecule has 1 fully saturated rings. The molecule has 6 heteroatoms. The predicted molar refractivity (Wildman–Crippen MR) is 81.3 cm³/mol. The first-order valence-electron chi connectivity index (χ1n) is 7.29. The van der Waals surface area contributed by atoms with Crippen molar-refractivity contribution in [3.8, 4) is 6.07 Å². The van der Waals surface area contributed by atoms with Crippen molar-refractivity contribution in [3.63, 3.8) is 0 Å². The number of para-hydroxylation sites is 1. The van der Waals surface area contributed by atoms with Gasteiger partial charge in [0.05, 0.1) is 4.92 Å². The van der Waals surface area contributed by atoms with Crippen LogP contribution in [0.5, 0.6) is 0 Å². The number of hydrogen-bond acceptors (Lipinski definition) is 5. The Morgan fingerprint density at radius 3 is 2.81 bits per heavy atom. The molecule has 1 aromatic rings. The average Bonchev–Trinajstić information content (AvgIpc) is 2.53. The normalized spacial score (nSPS) is 21.9. The van der Waals surface area contributed by atoms with Crippen molar-refractivity contribution in [2.75, 3.05) is 18.0 Å². The molecule has 2 atom stereocenters. The molecule has 0 bridgehead atoms. The lowest BCUT2D eigenvalue weighted by molar-refractivity contribution is -0.384. The number of nitrogens with zero attached hydrogens (tertiary/aromatic N) is 3. The summed E-state index contributed by atoms with van der Waals surface area (Å²) in [4.78, 5) is 13.0. The molecule has 1 aliphatic heterocycles. The van der Waals surface area contributed by atoms with Crippen LogP contribution in [0.3, 0.4) is 0 Å². The zero-order valence-corrected chi connectivity index (χ0v) is 12.4. The monoisotopic (exact) mass is 288 g/mol. The molecule has 6 nitrogen and oxygen atoms in total. The van der Waals surface area contributed by atoms with Crippen LogP contribution in [-0.2, 0) is 0 Å². The number of nitrogens with one attached hydrogen (secondary N) is 1. The van der Waals surface area contributed by atoms with E-state index >= 15 is 0 Å². The molecule has 0 radical (unpaired) electrons. The van der Waals surface area contributed by atoms with Crippen LogP contribution in [0.1, 0.15) is 32.3 Å². The number of piperazine rings is 1. The van der Waals surface area contributed by atoms with Crippen LogP contribution in [0.25, 0.3) is 0 Å². The van der Waals surface area contributed by atoms with Crippen molar-refractivity contribution >= 4 is 11.4 Å². The van der Waals surface area contributed by atoms with E-state index in [1.54, 1.807) is 12.1 Å². The molecule has 0 saturated carbocycles. The van der Waals surface area contributed by atoms with E-state index < -0.39 is 4.92 Å². The van der Waals surface area contributed by atoms with E-state index in [1.807, 2.05) is 6.07 Å². The minimum atomic E-state index is -0.441. The van der Waals surface area contributed by atoms with Gasteiger partial charge in [0.2, 0.25) is 0 Å². The van der Waals surface area contributed by atoms with E-state index in [4.69, 9.17) is 5.26 Å². The van der Waals surface area contributed by atoms with Crippen LogP contribution in [0, 0.1) is 21.4 Å². The highest BCUT2D eigenvalue weighted by molar-refractivity contribution is 5.70. The Bertz CT molecular complexity index is 567. The Morgan fingerprint density at radius 2 is 2.24 bits per heavy atom. The molecule has 1 saturated heterocycles. The maximum absolute atomic E-state index is 11.4. The largest absolute Gasteiger partial charge is 0.360 e. The fourth-order valence-electron chi connectivity index (χ4n) is 2.84. The van der Waals surface area contributed by atoms with Crippen LogP contribution in [0.4, 0.5) is 11.4 Å². The lowest BCUT2D eigenvalue weighted by Gasteiger charge is -2.41. The van der Waals surface area contributed by atoms with E-state index in [0.717, 1.165) is 25.9 Å². The molecule has 112 valence electrons. The summed E-state index contributed by atoms with van der Waals surface area (Å²) in [5.41, 5.74) is 0.611. The van der Waals surface area contributed by atoms with Gasteiger partial charge in [-0.05, 0) is 25.0 Å². The van der Waals surface area contributed by atoms with Gasteiger partial charge in [-0.1, -0.05) is 19.9 Å². The molecule has 0 aromatic heterocycles. The summed E-state index contributed by atoms with van der Waals surface area (Å²) in [6.07, 6.45) is 1.87. The molecular formula is C15H20N4O2. The molecule has 0 aliphatic carbocycles. The highest BCUT2D eigenvalue weighted by Crippen LogP contribution is 2.34. The lowest BCUT2D eigenvalue weighted by atomic mass is 10.0. The molecule has 1 heterocycles. The Hall–Kier alpha value is -2.13. The van der Waals surface area contributed by atoms with Gasteiger partial charge < -0.3 is 10.2 Å². The molecule has 1 aromatic carbocycles. The third-order valence-electron chi connectivity index (χ3n) is 4.09. The molecule has 2 rings (SSSR count). The first-order chi connectivity index (χ1) is 10.1. The van der Waals surface area contributed by atoms with Gasteiger partial charge in [-0.25, -0.2) is 0 Å². The van der Waals surface area contributed by atoms with E-state index in [9.17, 15) is 10.1 Å². The summed E-state index contributed by atoms with van der Waals surface area (Å²) in [7, 11) is 0. The Balaban J connectivity index is 2.47. The van der Waals surface area contributed by atoms with E-state index in [1.165, 1.54) is 6.07 Å². The highest BCUT2D eigenvalue weighted by Gasteiger charge is 2.31. The molecular weight excluding hydrogens is 268 g/mol. The van der Waals surface area contributed by atoms with Gasteiger partial charge in [-0.2, -0.15) is 5.26 Å². The van der Waals surface area contributed by atoms with E-state index in [2.05, 4.69) is 24.1 Å². The number of nitro benzene ring substituents is 1. The maximum Gasteiger partial charge on any atom is 0.310 e. The zero-order valence-electron chi connectivity index (χ0n) is 12.4. The van der Waals surface area contributed by atoms with Crippen LogP contribution in [0.2, 0.25) is 0 Å². The minimum Gasteiger partial charge on any atom is -0.360 e. The summed E-state index contributed by atoms with van der Waals surface area (Å²) in [5.74, 6) is 0. The number of benzene rings is 1. The molecule has 1 N–H and O–H groups in total. The summed E-state index contributed by atoms with van der Waals surface area (Å²) in [6.45, 7) is 5.71. The van der Waals surface area contributed by atoms with Crippen LogP contribution in [-0.4, -0.2) is 30.1 Å². The van der Waals surface area contributed by atoms with Gasteiger partial charge in [0.1, 0.15) is 17.3 Å². The average molecular weight is 288 g/mol. The van der Waals surface area contributed by atoms with Crippen LogP contribution in [0.15, 0.2) is 18.2 Å². The number of anilines is 1. The lowest BCUT2D eigenvalue weighted by Crippen LogP contribution is -2.56. The number of nitro groups is 1. The van der Waals surface area contributed by atoms with Gasteiger partial charge in [-0.3, -0.25) is 10.1 Å². The summed E-state index contributed by atoms with van der Waals surface area (Å²) in [5, 5.41) is 24.0. The fourth-order valence-corrected chi connectivity index (χ4v) is 2.84. The van der Waals surface area contributed by atoms with E-state index in [0.29, 0.717) is 11.7 Å². The third kappa shape index (κ3) is 2.98. The summed E-state index contributed by atoms with van der Waals surface area (Å²) >= 11 is 0. The maximum atomic E-state index is 11.4. The second kappa shape index (κ2) is 6.55. The molecule has 0 spiro atoms. The van der Waals surface area contributed by atoms with Crippen LogP contribution >= 0.6 is 0 Å². The van der Waals surface area contributed by atoms with Crippen molar-refractivity contribution in [1.82, 2.24) is 5.32 Å². The topological polar surface area (TPSA) is 82.2 Å². The fraction of sp³-hybridized carbons (Fsp3) is 0.533. The first-order valence-corrected chi connectivity index (χ1v) is 7.29. The second-order valence-electron chi connectivity index (χ2n) is 5.27. The van der Waals surface area contributed by atoms with Crippen molar-refractivity contribution in [2.24, 2.45) is 0 Å². The smallest absolute Gasteiger partial charge is 0.310 e. The van der Waals surface area contributed by atoms with Gasteiger partial charge >= 0.3 is 5.69 Å². The number of hydrogen-bond donors (Lipinski definition) is 1. The van der Waals surface area contributed by atoms with Crippen molar-refractivity contribution < 1.29 is 4.92 Å². The van der Waals surface area contributed by atoms with Crippen molar-refractivity contribution in [2.45, 2.75) is 38.8 Å². The first kappa shape index (κ1) is 15.3. The Morgan fingerprint density at radius 1 is 1.48 bits per heavy atom. The van der Waals surface area contributed by atoms with Gasteiger partial charge in [0.25, 0.3) is 0 Å². The van der Waals surface area contributed by atoms with Crippen molar-refractivity contribution in [1.29, 1.82) is 5.26 Å². The molecule has 21 heavy (non-hydrogen) atoms. The quantitative estimate of drug-likeness (QED) is 0.679. The van der Waals surface area contributed by atoms with Gasteiger partial charge in [0.15, 0.2) is 0 Å². The molecule has 1 aliphatic rings. The zero-order chi connectivity index (χ0) is 15.4. The second-order valence-corrected chi connectivity index (χ2v) is 5.27. The molecule has 0 amide bonds. The third-order valence-corrected chi connectivity index (χ3v) is 4.09. The summed E-state index contributed by atoms with van der Waals surface area (Å²) in [6, 6.07) is 7.43. The Labute approximate surface area is 124 Å². The standard InChI is InChI=1S/C15H20N4O2/c1-3-12-10-18(13(4-2)9-17-12)14-7-5-6-11(8-16)15(14)19(20)21/h5-7,12-13,17H,3-4,9-10H2,1-2H3. The molecule has 2 unspecified atom stereocenters. The number of nitriles is 1. The minimum absolute atomic E-state index is 0.0739. The Kier molecular flexibility index (Phi) is 4.76. The van der Waals surface area contributed by atoms with E-state index in [-0.39, 0.29) is 17.3 Å². The summed E-state index contributed by atoms with van der Waals surface area (Å²) < 4.78 is 0. The SMILES string of the molecule is CCC1CN(c2cccc(C#N)c2[N+](=O)[O-])C(CC)CN1.